The summed E-state index contributed by atoms with van der Waals surface area (Å²) in [6, 6.07) is 6.61. The highest BCUT2D eigenvalue weighted by Crippen LogP contribution is 2.05. The van der Waals surface area contributed by atoms with Crippen molar-refractivity contribution in [2.24, 2.45) is 0 Å². The van der Waals surface area contributed by atoms with Gasteiger partial charge in [0.25, 0.3) is 0 Å². The molecular weight excluding hydrogens is 201 g/mol. The Hall–Kier alpha value is -0.600. The monoisotopic (exact) mass is 215 g/mol. The molecule has 1 nitrogen and oxygen atoms in total. The molecule has 1 rings (SSSR count). The Balaban J connectivity index is 2.39. The van der Waals surface area contributed by atoms with E-state index < -0.39 is 0 Å². The van der Waals surface area contributed by atoms with Crippen LogP contribution in [-0.4, -0.2) is 24.4 Å². The molecule has 0 bridgehead atoms. The lowest BCUT2D eigenvalue weighted by molar-refractivity contribution is 0.328. The Morgan fingerprint density at radius 3 is 2.50 bits per heavy atom. The van der Waals surface area contributed by atoms with Crippen molar-refractivity contribution >= 4 is 11.6 Å². The summed E-state index contributed by atoms with van der Waals surface area (Å²) in [5.74, 6) is 0.505. The van der Waals surface area contributed by atoms with Crippen molar-refractivity contribution in [2.45, 2.75) is 13.0 Å². The smallest absolute Gasteiger partial charge is 0.123 e. The van der Waals surface area contributed by atoms with Gasteiger partial charge >= 0.3 is 0 Å². The molecule has 14 heavy (non-hydrogen) atoms. The summed E-state index contributed by atoms with van der Waals surface area (Å²) in [5, 5.41) is 0. The fraction of sp³-hybridized carbons (Fsp3) is 0.455. The van der Waals surface area contributed by atoms with Gasteiger partial charge in [-0.2, -0.15) is 0 Å². The molecule has 1 aromatic carbocycles. The van der Waals surface area contributed by atoms with Gasteiger partial charge in [0.05, 0.1) is 0 Å². The van der Waals surface area contributed by atoms with Gasteiger partial charge in [0.2, 0.25) is 0 Å². The van der Waals surface area contributed by atoms with Gasteiger partial charge in [-0.25, -0.2) is 4.39 Å². The van der Waals surface area contributed by atoms with E-state index in [1.165, 1.54) is 12.1 Å². The lowest BCUT2D eigenvalue weighted by Crippen LogP contribution is -2.19. The largest absolute Gasteiger partial charge is 0.302 e. The first-order valence-corrected chi connectivity index (χ1v) is 5.25. The molecule has 0 aromatic heterocycles. The van der Waals surface area contributed by atoms with Crippen molar-refractivity contribution < 1.29 is 4.39 Å². The van der Waals surface area contributed by atoms with E-state index in [0.29, 0.717) is 5.88 Å². The van der Waals surface area contributed by atoms with Crippen LogP contribution in [0.1, 0.15) is 12.0 Å². The van der Waals surface area contributed by atoms with Crippen LogP contribution in [0.4, 0.5) is 4.39 Å². The van der Waals surface area contributed by atoms with E-state index in [1.54, 1.807) is 0 Å². The van der Waals surface area contributed by atoms with Crippen LogP contribution < -0.4 is 0 Å². The molecule has 0 aliphatic rings. The average Bonchev–Trinajstić information content (AvgIpc) is 2.18. The Kier molecular flexibility index (Phi) is 4.91. The van der Waals surface area contributed by atoms with Gasteiger partial charge in [0.15, 0.2) is 0 Å². The number of alkyl halides is 1. The molecule has 0 atom stereocenters. The first kappa shape index (κ1) is 11.5. The van der Waals surface area contributed by atoms with Crippen molar-refractivity contribution in [3.8, 4) is 0 Å². The van der Waals surface area contributed by atoms with Crippen LogP contribution >= 0.6 is 11.6 Å². The molecule has 0 fully saturated rings. The SMILES string of the molecule is CN(CCCCl)Cc1ccc(F)cc1. The number of hydrogen-bond donors (Lipinski definition) is 0. The second-order valence-electron chi connectivity index (χ2n) is 3.41. The fourth-order valence-electron chi connectivity index (χ4n) is 1.31. The summed E-state index contributed by atoms with van der Waals surface area (Å²) in [6.07, 6.45) is 0.985. The minimum atomic E-state index is -0.183. The summed E-state index contributed by atoms with van der Waals surface area (Å²) in [4.78, 5) is 2.18. The van der Waals surface area contributed by atoms with E-state index in [2.05, 4.69) is 4.90 Å². The normalized spacial score (nSPS) is 10.9. The highest BCUT2D eigenvalue weighted by atomic mass is 35.5. The third kappa shape index (κ3) is 4.07. The second-order valence-corrected chi connectivity index (χ2v) is 3.78. The third-order valence-electron chi connectivity index (χ3n) is 2.04. The lowest BCUT2D eigenvalue weighted by Gasteiger charge is -2.15. The van der Waals surface area contributed by atoms with Crippen molar-refractivity contribution in [3.05, 3.63) is 35.6 Å². The molecule has 78 valence electrons. The first-order valence-electron chi connectivity index (χ1n) is 4.71. The van der Waals surface area contributed by atoms with Gasteiger partial charge in [-0.3, -0.25) is 0 Å². The molecule has 0 unspecified atom stereocenters. The standard InChI is InChI=1S/C11H15ClFN/c1-14(8-2-7-12)9-10-3-5-11(13)6-4-10/h3-6H,2,7-9H2,1H3. The molecule has 1 aromatic rings. The van der Waals surface area contributed by atoms with E-state index in [4.69, 9.17) is 11.6 Å². The van der Waals surface area contributed by atoms with Gasteiger partial charge in [0, 0.05) is 12.4 Å². The molecule has 0 amide bonds. The Bertz CT molecular complexity index is 260. The van der Waals surface area contributed by atoms with Crippen LogP contribution in [0.5, 0.6) is 0 Å². The molecule has 0 radical (unpaired) electrons. The van der Waals surface area contributed by atoms with Crippen LogP contribution in [-0.2, 0) is 6.54 Å². The Morgan fingerprint density at radius 2 is 1.93 bits per heavy atom. The summed E-state index contributed by atoms with van der Waals surface area (Å²) >= 11 is 5.59. The van der Waals surface area contributed by atoms with E-state index in [1.807, 2.05) is 19.2 Å². The number of nitrogens with zero attached hydrogens (tertiary/aromatic N) is 1. The second kappa shape index (κ2) is 5.99. The minimum Gasteiger partial charge on any atom is -0.302 e. The van der Waals surface area contributed by atoms with Crippen molar-refractivity contribution in [1.29, 1.82) is 0 Å². The molecular formula is C11H15ClFN. The molecule has 0 aliphatic heterocycles. The van der Waals surface area contributed by atoms with Gasteiger partial charge in [0.1, 0.15) is 5.82 Å². The summed E-state index contributed by atoms with van der Waals surface area (Å²) in [7, 11) is 2.04. The van der Waals surface area contributed by atoms with E-state index in [0.717, 1.165) is 25.1 Å². The molecule has 0 spiro atoms. The zero-order valence-corrected chi connectivity index (χ0v) is 9.10. The Morgan fingerprint density at radius 1 is 1.29 bits per heavy atom. The maximum Gasteiger partial charge on any atom is 0.123 e. The number of halogens is 2. The topological polar surface area (TPSA) is 3.24 Å². The summed E-state index contributed by atoms with van der Waals surface area (Å²) in [5.41, 5.74) is 1.13. The predicted octanol–water partition coefficient (Wildman–Crippen LogP) is 2.89. The molecule has 0 N–H and O–H groups in total. The zero-order valence-electron chi connectivity index (χ0n) is 8.34. The lowest BCUT2D eigenvalue weighted by atomic mass is 10.2. The summed E-state index contributed by atoms with van der Waals surface area (Å²) in [6.45, 7) is 1.82. The zero-order chi connectivity index (χ0) is 10.4. The van der Waals surface area contributed by atoms with Crippen molar-refractivity contribution in [3.63, 3.8) is 0 Å². The maximum absolute atomic E-state index is 12.6. The van der Waals surface area contributed by atoms with Gasteiger partial charge < -0.3 is 4.90 Å². The van der Waals surface area contributed by atoms with E-state index >= 15 is 0 Å². The molecule has 0 heterocycles. The van der Waals surface area contributed by atoms with Gasteiger partial charge in [-0.1, -0.05) is 12.1 Å². The minimum absolute atomic E-state index is 0.183. The van der Waals surface area contributed by atoms with E-state index in [9.17, 15) is 4.39 Å². The van der Waals surface area contributed by atoms with Crippen LogP contribution in [0.15, 0.2) is 24.3 Å². The van der Waals surface area contributed by atoms with Crippen LogP contribution in [0, 0.1) is 5.82 Å². The molecule has 3 heteroatoms. The average molecular weight is 216 g/mol. The number of benzene rings is 1. The van der Waals surface area contributed by atoms with Crippen molar-refractivity contribution in [1.82, 2.24) is 4.90 Å². The van der Waals surface area contributed by atoms with Crippen LogP contribution in [0.3, 0.4) is 0 Å². The van der Waals surface area contributed by atoms with Gasteiger partial charge in [-0.15, -0.1) is 11.6 Å². The number of rotatable bonds is 5. The van der Waals surface area contributed by atoms with Gasteiger partial charge in [-0.05, 0) is 37.7 Å². The predicted molar refractivity (Wildman–Crippen MR) is 58.1 cm³/mol. The Labute approximate surface area is 89.5 Å². The van der Waals surface area contributed by atoms with Crippen LogP contribution in [0.2, 0.25) is 0 Å². The summed E-state index contributed by atoms with van der Waals surface area (Å²) < 4.78 is 12.6. The third-order valence-corrected chi connectivity index (χ3v) is 2.31. The van der Waals surface area contributed by atoms with E-state index in [-0.39, 0.29) is 5.82 Å². The quantitative estimate of drug-likeness (QED) is 0.683. The number of hydrogen-bond acceptors (Lipinski definition) is 1. The fourth-order valence-corrected chi connectivity index (χ4v) is 1.43. The molecule has 0 saturated carbocycles. The molecule has 0 saturated heterocycles. The van der Waals surface area contributed by atoms with Crippen molar-refractivity contribution in [2.75, 3.05) is 19.5 Å². The molecule has 0 aliphatic carbocycles. The first-order chi connectivity index (χ1) is 6.72. The highest BCUT2D eigenvalue weighted by molar-refractivity contribution is 6.17. The highest BCUT2D eigenvalue weighted by Gasteiger charge is 1.99. The van der Waals surface area contributed by atoms with Crippen LogP contribution in [0.25, 0.3) is 0 Å². The maximum atomic E-state index is 12.6.